The summed E-state index contributed by atoms with van der Waals surface area (Å²) < 4.78 is 88.5. The summed E-state index contributed by atoms with van der Waals surface area (Å²) in [7, 11) is 0. The number of benzene rings is 2. The summed E-state index contributed by atoms with van der Waals surface area (Å²) in [5.74, 6) is -5.32. The molecule has 1 saturated carbocycles. The monoisotopic (exact) mass is 528 g/mol. The minimum absolute atomic E-state index is 0.194. The molecule has 3 rings (SSSR count). The summed E-state index contributed by atoms with van der Waals surface area (Å²) in [5, 5.41) is 0. The third-order valence-electron chi connectivity index (χ3n) is 5.11. The number of ether oxygens (including phenoxy) is 1. The van der Waals surface area contributed by atoms with E-state index in [1.807, 2.05) is 0 Å². The predicted molar refractivity (Wildman–Crippen MR) is 106 cm³/mol. The molecular weight excluding hydrogens is 509 g/mol. The number of alkyl halides is 3. The zero-order chi connectivity index (χ0) is 21.2. The first kappa shape index (κ1) is 22.2. The molecule has 0 unspecified atom stereocenters. The van der Waals surface area contributed by atoms with Gasteiger partial charge in [0.1, 0.15) is 17.4 Å². The molecule has 2 aromatic rings. The van der Waals surface area contributed by atoms with Crippen LogP contribution in [0.15, 0.2) is 30.3 Å². The van der Waals surface area contributed by atoms with Gasteiger partial charge in [0.15, 0.2) is 11.6 Å². The molecule has 0 atom stereocenters. The first-order valence-electron chi connectivity index (χ1n) is 9.30. The van der Waals surface area contributed by atoms with E-state index in [9.17, 15) is 26.3 Å². The SMILES string of the molecule is Fc1ccc(-c2c(F)cc(OC(F)(F)CCC3CCC(I)CC3)cc2F)cc1F. The van der Waals surface area contributed by atoms with E-state index < -0.39 is 47.1 Å². The summed E-state index contributed by atoms with van der Waals surface area (Å²) in [6.07, 6.45) is -0.0691. The highest BCUT2D eigenvalue weighted by molar-refractivity contribution is 14.1. The van der Waals surface area contributed by atoms with Gasteiger partial charge in [-0.05, 0) is 55.7 Å². The van der Waals surface area contributed by atoms with Crippen LogP contribution < -0.4 is 4.74 Å². The molecule has 158 valence electrons. The van der Waals surface area contributed by atoms with Gasteiger partial charge in [-0.3, -0.25) is 0 Å². The van der Waals surface area contributed by atoms with Crippen LogP contribution in [-0.4, -0.2) is 10.0 Å². The van der Waals surface area contributed by atoms with Crippen LogP contribution >= 0.6 is 22.6 Å². The largest absolute Gasteiger partial charge is 0.432 e. The lowest BCUT2D eigenvalue weighted by molar-refractivity contribution is -0.183. The minimum Gasteiger partial charge on any atom is -0.432 e. The first-order chi connectivity index (χ1) is 13.6. The molecule has 0 spiro atoms. The van der Waals surface area contributed by atoms with Crippen molar-refractivity contribution in [3.05, 3.63) is 53.6 Å². The normalized spacial score (nSPS) is 20.0. The van der Waals surface area contributed by atoms with Crippen LogP contribution in [0.2, 0.25) is 0 Å². The molecule has 1 nitrogen and oxygen atoms in total. The molecule has 1 fully saturated rings. The van der Waals surface area contributed by atoms with E-state index in [0.29, 0.717) is 22.1 Å². The van der Waals surface area contributed by atoms with E-state index >= 15 is 0 Å². The Balaban J connectivity index is 1.70. The minimum atomic E-state index is -3.57. The van der Waals surface area contributed by atoms with Crippen molar-refractivity contribution < 1.29 is 31.1 Å². The fourth-order valence-corrected chi connectivity index (χ4v) is 4.26. The van der Waals surface area contributed by atoms with Crippen LogP contribution in [0.25, 0.3) is 11.1 Å². The quantitative estimate of drug-likeness (QED) is 0.213. The fourth-order valence-electron chi connectivity index (χ4n) is 3.54. The third kappa shape index (κ3) is 5.79. The van der Waals surface area contributed by atoms with Crippen molar-refractivity contribution in [3.63, 3.8) is 0 Å². The molecule has 2 aromatic carbocycles. The maximum absolute atomic E-state index is 14.3. The molecule has 0 amide bonds. The van der Waals surface area contributed by atoms with Crippen LogP contribution in [0.5, 0.6) is 5.75 Å². The Bertz CT molecular complexity index is 841. The molecule has 0 N–H and O–H groups in total. The molecule has 0 aliphatic heterocycles. The van der Waals surface area contributed by atoms with Gasteiger partial charge in [-0.1, -0.05) is 28.7 Å². The third-order valence-corrected chi connectivity index (χ3v) is 6.36. The van der Waals surface area contributed by atoms with E-state index in [2.05, 4.69) is 27.3 Å². The van der Waals surface area contributed by atoms with Gasteiger partial charge < -0.3 is 4.74 Å². The van der Waals surface area contributed by atoms with Gasteiger partial charge in [0.05, 0.1) is 12.0 Å². The fraction of sp³-hybridized carbons (Fsp3) is 0.429. The topological polar surface area (TPSA) is 9.23 Å². The highest BCUT2D eigenvalue weighted by Gasteiger charge is 2.34. The Hall–Kier alpha value is -1.45. The molecule has 29 heavy (non-hydrogen) atoms. The molecule has 0 heterocycles. The predicted octanol–water partition coefficient (Wildman–Crippen LogP) is 7.66. The zero-order valence-electron chi connectivity index (χ0n) is 15.3. The van der Waals surface area contributed by atoms with Gasteiger partial charge in [-0.15, -0.1) is 0 Å². The average molecular weight is 528 g/mol. The van der Waals surface area contributed by atoms with Crippen LogP contribution in [0.3, 0.4) is 0 Å². The van der Waals surface area contributed by atoms with Crippen LogP contribution in [0.4, 0.5) is 26.3 Å². The molecule has 8 heteroatoms. The highest BCUT2D eigenvalue weighted by Crippen LogP contribution is 2.36. The van der Waals surface area contributed by atoms with Crippen molar-refractivity contribution in [1.82, 2.24) is 0 Å². The number of hydrogen-bond acceptors (Lipinski definition) is 1. The van der Waals surface area contributed by atoms with Crippen molar-refractivity contribution in [2.45, 2.75) is 48.6 Å². The van der Waals surface area contributed by atoms with Gasteiger partial charge in [0, 0.05) is 16.1 Å². The maximum atomic E-state index is 14.3. The van der Waals surface area contributed by atoms with Gasteiger partial charge in [-0.2, -0.15) is 8.78 Å². The Kier molecular flexibility index (Phi) is 7.01. The van der Waals surface area contributed by atoms with E-state index in [1.54, 1.807) is 0 Å². The molecule has 0 saturated heterocycles. The van der Waals surface area contributed by atoms with E-state index in [4.69, 9.17) is 0 Å². The van der Waals surface area contributed by atoms with Crippen LogP contribution in [-0.2, 0) is 0 Å². The number of halogens is 7. The van der Waals surface area contributed by atoms with Gasteiger partial charge >= 0.3 is 6.11 Å². The van der Waals surface area contributed by atoms with E-state index in [1.165, 1.54) is 0 Å². The summed E-state index contributed by atoms with van der Waals surface area (Å²) in [6, 6.07) is 3.60. The summed E-state index contributed by atoms with van der Waals surface area (Å²) in [6.45, 7) is 0. The Labute approximate surface area is 178 Å². The summed E-state index contributed by atoms with van der Waals surface area (Å²) >= 11 is 2.36. The lowest BCUT2D eigenvalue weighted by atomic mass is 9.86. The molecule has 0 bridgehead atoms. The number of hydrogen-bond donors (Lipinski definition) is 0. The lowest BCUT2D eigenvalue weighted by Crippen LogP contribution is -2.26. The van der Waals surface area contributed by atoms with Crippen molar-refractivity contribution in [2.24, 2.45) is 5.92 Å². The van der Waals surface area contributed by atoms with Gasteiger partial charge in [0.25, 0.3) is 0 Å². The Morgan fingerprint density at radius 2 is 1.48 bits per heavy atom. The number of rotatable bonds is 6. The van der Waals surface area contributed by atoms with Gasteiger partial charge in [-0.25, -0.2) is 17.6 Å². The smallest absolute Gasteiger partial charge is 0.397 e. The molecule has 0 radical (unpaired) electrons. The highest BCUT2D eigenvalue weighted by atomic mass is 127. The molecular formula is C21H19F6IO. The van der Waals surface area contributed by atoms with Crippen molar-refractivity contribution in [3.8, 4) is 16.9 Å². The first-order valence-corrected chi connectivity index (χ1v) is 10.5. The van der Waals surface area contributed by atoms with Crippen molar-refractivity contribution in [2.75, 3.05) is 0 Å². The van der Waals surface area contributed by atoms with Crippen LogP contribution in [0, 0.1) is 29.2 Å². The summed E-state index contributed by atoms with van der Waals surface area (Å²) in [4.78, 5) is 0. The van der Waals surface area contributed by atoms with Crippen LogP contribution in [0.1, 0.15) is 38.5 Å². The van der Waals surface area contributed by atoms with Gasteiger partial charge in [0.2, 0.25) is 0 Å². The van der Waals surface area contributed by atoms with Crippen molar-refractivity contribution in [1.29, 1.82) is 0 Å². The van der Waals surface area contributed by atoms with E-state index in [0.717, 1.165) is 37.8 Å². The average Bonchev–Trinajstić information content (AvgIpc) is 2.63. The van der Waals surface area contributed by atoms with Crippen molar-refractivity contribution >= 4 is 22.6 Å². The second kappa shape index (κ2) is 9.14. The lowest BCUT2D eigenvalue weighted by Gasteiger charge is -2.27. The zero-order valence-corrected chi connectivity index (χ0v) is 17.5. The Morgan fingerprint density at radius 1 is 0.862 bits per heavy atom. The second-order valence-electron chi connectivity index (χ2n) is 7.29. The standard InChI is InChI=1S/C21H19F6IO/c22-16-6-3-13(9-17(16)23)20-18(24)10-15(11-19(20)25)29-21(26,27)8-7-12-1-4-14(28)5-2-12/h3,6,9-12,14H,1-2,4-5,7-8H2. The molecule has 1 aliphatic carbocycles. The Morgan fingerprint density at radius 3 is 2.07 bits per heavy atom. The summed E-state index contributed by atoms with van der Waals surface area (Å²) in [5.41, 5.74) is -0.891. The molecule has 1 aliphatic rings. The maximum Gasteiger partial charge on any atom is 0.397 e. The molecule has 0 aromatic heterocycles. The second-order valence-corrected chi connectivity index (χ2v) is 9.05. The van der Waals surface area contributed by atoms with E-state index in [-0.39, 0.29) is 17.9 Å².